The van der Waals surface area contributed by atoms with E-state index in [1.807, 2.05) is 6.07 Å². The van der Waals surface area contributed by atoms with Crippen molar-refractivity contribution < 1.29 is 5.11 Å². The van der Waals surface area contributed by atoms with Gasteiger partial charge in [0.1, 0.15) is 5.75 Å². The molecule has 0 atom stereocenters. The Hall–Kier alpha value is -0.730. The van der Waals surface area contributed by atoms with E-state index in [0.29, 0.717) is 11.6 Å². The summed E-state index contributed by atoms with van der Waals surface area (Å²) in [6.07, 6.45) is 5.93. The second kappa shape index (κ2) is 4.64. The van der Waals surface area contributed by atoms with Crippen LogP contribution in [0.4, 0.5) is 0 Å². The van der Waals surface area contributed by atoms with E-state index in [-0.39, 0.29) is 11.2 Å². The highest BCUT2D eigenvalue weighted by Crippen LogP contribution is 2.42. The number of phenols is 1. The third-order valence-electron chi connectivity index (χ3n) is 3.73. The van der Waals surface area contributed by atoms with Crippen LogP contribution in [0.15, 0.2) is 18.2 Å². The molecule has 0 aliphatic heterocycles. The largest absolute Gasteiger partial charge is 0.508 e. The highest BCUT2D eigenvalue weighted by Gasteiger charge is 2.34. The van der Waals surface area contributed by atoms with Gasteiger partial charge in [-0.1, -0.05) is 36.9 Å². The standard InChI is InChI=1S/C13H18ClNO/c14-12-8-10(16)4-5-11(12)13(9-15)6-2-1-3-7-13/h4-5,8,16H,1-3,6-7,9,15H2. The summed E-state index contributed by atoms with van der Waals surface area (Å²) in [7, 11) is 0. The molecule has 2 rings (SSSR count). The SMILES string of the molecule is NCC1(c2ccc(O)cc2Cl)CCCCC1. The Morgan fingerprint density at radius 2 is 1.94 bits per heavy atom. The Kier molecular flexibility index (Phi) is 3.41. The first kappa shape index (κ1) is 11.7. The van der Waals surface area contributed by atoms with Crippen molar-refractivity contribution in [2.45, 2.75) is 37.5 Å². The van der Waals surface area contributed by atoms with Crippen molar-refractivity contribution in [3.8, 4) is 5.75 Å². The lowest BCUT2D eigenvalue weighted by Gasteiger charge is -2.37. The van der Waals surface area contributed by atoms with Crippen LogP contribution in [0.3, 0.4) is 0 Å². The van der Waals surface area contributed by atoms with Gasteiger partial charge in [-0.3, -0.25) is 0 Å². The van der Waals surface area contributed by atoms with Crippen molar-refractivity contribution in [1.82, 2.24) is 0 Å². The molecule has 16 heavy (non-hydrogen) atoms. The molecule has 1 aliphatic carbocycles. The minimum absolute atomic E-state index is 0.0308. The van der Waals surface area contributed by atoms with Crippen molar-refractivity contribution >= 4 is 11.6 Å². The van der Waals surface area contributed by atoms with Crippen LogP contribution in [0.25, 0.3) is 0 Å². The first-order chi connectivity index (χ1) is 7.68. The lowest BCUT2D eigenvalue weighted by atomic mass is 9.69. The van der Waals surface area contributed by atoms with Crippen LogP contribution >= 0.6 is 11.6 Å². The molecule has 3 heteroatoms. The van der Waals surface area contributed by atoms with Crippen molar-refractivity contribution in [3.05, 3.63) is 28.8 Å². The number of hydrogen-bond acceptors (Lipinski definition) is 2. The van der Waals surface area contributed by atoms with E-state index < -0.39 is 0 Å². The van der Waals surface area contributed by atoms with Gasteiger partial charge in [-0.25, -0.2) is 0 Å². The topological polar surface area (TPSA) is 46.2 Å². The van der Waals surface area contributed by atoms with Gasteiger partial charge in [0.15, 0.2) is 0 Å². The van der Waals surface area contributed by atoms with Gasteiger partial charge >= 0.3 is 0 Å². The van der Waals surface area contributed by atoms with Crippen molar-refractivity contribution in [2.75, 3.05) is 6.54 Å². The van der Waals surface area contributed by atoms with Gasteiger partial charge < -0.3 is 10.8 Å². The van der Waals surface area contributed by atoms with Crippen molar-refractivity contribution in [2.24, 2.45) is 5.73 Å². The van der Waals surface area contributed by atoms with Gasteiger partial charge in [0.2, 0.25) is 0 Å². The normalized spacial score (nSPS) is 19.6. The second-order valence-electron chi connectivity index (χ2n) is 4.71. The Morgan fingerprint density at radius 1 is 1.25 bits per heavy atom. The fourth-order valence-electron chi connectivity index (χ4n) is 2.75. The van der Waals surface area contributed by atoms with E-state index in [0.717, 1.165) is 18.4 Å². The molecule has 1 aromatic rings. The molecule has 1 fully saturated rings. The molecule has 2 nitrogen and oxygen atoms in total. The number of benzene rings is 1. The van der Waals surface area contributed by atoms with Gasteiger partial charge in [-0.15, -0.1) is 0 Å². The molecule has 1 aromatic carbocycles. The number of phenolic OH excluding ortho intramolecular Hbond substituents is 1. The molecule has 1 aliphatic rings. The zero-order chi connectivity index (χ0) is 11.6. The van der Waals surface area contributed by atoms with Crippen LogP contribution in [0.1, 0.15) is 37.7 Å². The monoisotopic (exact) mass is 239 g/mol. The summed E-state index contributed by atoms with van der Waals surface area (Å²) in [6, 6.07) is 5.24. The third-order valence-corrected chi connectivity index (χ3v) is 4.04. The molecular weight excluding hydrogens is 222 g/mol. The van der Waals surface area contributed by atoms with Crippen LogP contribution in [0.2, 0.25) is 5.02 Å². The summed E-state index contributed by atoms with van der Waals surface area (Å²) in [6.45, 7) is 0.636. The molecule has 0 unspecified atom stereocenters. The van der Waals surface area contributed by atoms with E-state index in [2.05, 4.69) is 0 Å². The molecule has 88 valence electrons. The van der Waals surface area contributed by atoms with E-state index >= 15 is 0 Å². The second-order valence-corrected chi connectivity index (χ2v) is 5.12. The Morgan fingerprint density at radius 3 is 2.50 bits per heavy atom. The maximum atomic E-state index is 9.38. The highest BCUT2D eigenvalue weighted by atomic mass is 35.5. The van der Waals surface area contributed by atoms with Crippen LogP contribution in [-0.4, -0.2) is 11.7 Å². The van der Waals surface area contributed by atoms with E-state index in [1.165, 1.54) is 19.3 Å². The summed E-state index contributed by atoms with van der Waals surface area (Å²) >= 11 is 6.22. The molecule has 0 bridgehead atoms. The van der Waals surface area contributed by atoms with Gasteiger partial charge in [0.25, 0.3) is 0 Å². The predicted octanol–water partition coefficient (Wildman–Crippen LogP) is 3.21. The average molecular weight is 240 g/mol. The zero-order valence-corrected chi connectivity index (χ0v) is 10.1. The minimum atomic E-state index is 0.0308. The molecule has 0 saturated heterocycles. The summed E-state index contributed by atoms with van der Waals surface area (Å²) in [5.41, 5.74) is 7.09. The van der Waals surface area contributed by atoms with Crippen LogP contribution in [0, 0.1) is 0 Å². The molecule has 0 amide bonds. The van der Waals surface area contributed by atoms with E-state index in [9.17, 15) is 5.11 Å². The summed E-state index contributed by atoms with van der Waals surface area (Å²) in [5.74, 6) is 0.219. The van der Waals surface area contributed by atoms with E-state index in [1.54, 1.807) is 12.1 Å². The molecular formula is C13H18ClNO. The average Bonchev–Trinajstić information content (AvgIpc) is 2.30. The zero-order valence-electron chi connectivity index (χ0n) is 9.38. The molecule has 1 saturated carbocycles. The Bertz CT molecular complexity index is 372. The van der Waals surface area contributed by atoms with Crippen molar-refractivity contribution in [1.29, 1.82) is 0 Å². The lowest BCUT2D eigenvalue weighted by molar-refractivity contribution is 0.300. The smallest absolute Gasteiger partial charge is 0.117 e. The van der Waals surface area contributed by atoms with Crippen LogP contribution in [0.5, 0.6) is 5.75 Å². The predicted molar refractivity (Wildman–Crippen MR) is 66.9 cm³/mol. The first-order valence-corrected chi connectivity index (χ1v) is 6.25. The van der Waals surface area contributed by atoms with Gasteiger partial charge in [0.05, 0.1) is 0 Å². The van der Waals surface area contributed by atoms with Gasteiger partial charge in [-0.05, 0) is 30.5 Å². The molecule has 0 aromatic heterocycles. The molecule has 0 radical (unpaired) electrons. The summed E-state index contributed by atoms with van der Waals surface area (Å²) in [4.78, 5) is 0. The Balaban J connectivity index is 2.39. The fourth-order valence-corrected chi connectivity index (χ4v) is 3.12. The molecule has 0 spiro atoms. The Labute approximate surface area is 101 Å². The van der Waals surface area contributed by atoms with Gasteiger partial charge in [0, 0.05) is 17.0 Å². The lowest BCUT2D eigenvalue weighted by Crippen LogP contribution is -2.37. The number of hydrogen-bond donors (Lipinski definition) is 2. The minimum Gasteiger partial charge on any atom is -0.508 e. The maximum Gasteiger partial charge on any atom is 0.117 e. The number of rotatable bonds is 2. The fraction of sp³-hybridized carbons (Fsp3) is 0.538. The number of aromatic hydroxyl groups is 1. The number of nitrogens with two attached hydrogens (primary N) is 1. The molecule has 0 heterocycles. The molecule has 3 N–H and O–H groups in total. The van der Waals surface area contributed by atoms with Crippen LogP contribution in [-0.2, 0) is 5.41 Å². The quantitative estimate of drug-likeness (QED) is 0.833. The number of halogens is 1. The van der Waals surface area contributed by atoms with E-state index in [4.69, 9.17) is 17.3 Å². The summed E-state index contributed by atoms with van der Waals surface area (Å²) < 4.78 is 0. The van der Waals surface area contributed by atoms with Crippen LogP contribution < -0.4 is 5.73 Å². The first-order valence-electron chi connectivity index (χ1n) is 5.87. The highest BCUT2D eigenvalue weighted by molar-refractivity contribution is 6.31. The van der Waals surface area contributed by atoms with Crippen molar-refractivity contribution in [3.63, 3.8) is 0 Å². The maximum absolute atomic E-state index is 9.38. The van der Waals surface area contributed by atoms with Gasteiger partial charge in [-0.2, -0.15) is 0 Å². The summed E-state index contributed by atoms with van der Waals surface area (Å²) in [5, 5.41) is 10.0. The third kappa shape index (κ3) is 2.04.